The Morgan fingerprint density at radius 2 is 1.64 bits per heavy atom. The fourth-order valence-electron chi connectivity index (χ4n) is 2.31. The third-order valence-electron chi connectivity index (χ3n) is 3.66. The van der Waals surface area contributed by atoms with Crippen LogP contribution in [0.5, 0.6) is 11.5 Å². The fraction of sp³-hybridized carbons (Fsp3) is 0.0500. The van der Waals surface area contributed by atoms with Crippen molar-refractivity contribution in [3.05, 3.63) is 88.9 Å². The number of nitrogens with two attached hydrogens (primary N) is 1. The minimum Gasteiger partial charge on any atom is -0.457 e. The van der Waals surface area contributed by atoms with Crippen LogP contribution in [0.2, 0.25) is 5.02 Å². The van der Waals surface area contributed by atoms with E-state index in [4.69, 9.17) is 22.1 Å². The van der Waals surface area contributed by atoms with Crippen molar-refractivity contribution in [1.82, 2.24) is 0 Å². The number of hydrogen-bond acceptors (Lipinski definition) is 3. The number of para-hydroxylation sites is 1. The zero-order valence-electron chi connectivity index (χ0n) is 13.4. The summed E-state index contributed by atoms with van der Waals surface area (Å²) < 4.78 is 5.75. The van der Waals surface area contributed by atoms with Gasteiger partial charge in [-0.05, 0) is 54.1 Å². The molecule has 0 saturated carbocycles. The summed E-state index contributed by atoms with van der Waals surface area (Å²) >= 11 is 6.35. The van der Waals surface area contributed by atoms with Gasteiger partial charge in [-0.1, -0.05) is 35.9 Å². The van der Waals surface area contributed by atoms with Crippen molar-refractivity contribution in [2.24, 2.45) is 5.73 Å². The van der Waals surface area contributed by atoms with E-state index in [-0.39, 0.29) is 0 Å². The number of ether oxygens (including phenoxy) is 1. The molecule has 0 aliphatic carbocycles. The van der Waals surface area contributed by atoms with Gasteiger partial charge in [-0.3, -0.25) is 4.79 Å². The molecule has 5 heteroatoms. The van der Waals surface area contributed by atoms with Gasteiger partial charge in [0.15, 0.2) is 0 Å². The third kappa shape index (κ3) is 4.52. The van der Waals surface area contributed by atoms with Gasteiger partial charge in [-0.25, -0.2) is 0 Å². The topological polar surface area (TPSA) is 64.4 Å². The van der Waals surface area contributed by atoms with E-state index in [1.807, 2.05) is 42.5 Å². The maximum atomic E-state index is 11.1. The molecule has 0 bridgehead atoms. The summed E-state index contributed by atoms with van der Waals surface area (Å²) in [5, 5.41) is 3.94. The molecule has 0 heterocycles. The SMILES string of the molecule is NC(=O)c1ccc(Oc2ccc(CNc3ccccc3)c(Cl)c2)cc1. The van der Waals surface area contributed by atoms with Crippen LogP contribution >= 0.6 is 11.6 Å². The predicted molar refractivity (Wildman–Crippen MR) is 100 cm³/mol. The van der Waals surface area contributed by atoms with Gasteiger partial charge in [0.25, 0.3) is 0 Å². The third-order valence-corrected chi connectivity index (χ3v) is 4.01. The lowest BCUT2D eigenvalue weighted by atomic mass is 10.2. The van der Waals surface area contributed by atoms with Crippen molar-refractivity contribution in [1.29, 1.82) is 0 Å². The van der Waals surface area contributed by atoms with Crippen molar-refractivity contribution in [3.8, 4) is 11.5 Å². The lowest BCUT2D eigenvalue weighted by Gasteiger charge is -2.11. The highest BCUT2D eigenvalue weighted by atomic mass is 35.5. The molecule has 4 nitrogen and oxygen atoms in total. The van der Waals surface area contributed by atoms with Gasteiger partial charge in [-0.15, -0.1) is 0 Å². The quantitative estimate of drug-likeness (QED) is 0.667. The minimum atomic E-state index is -0.468. The lowest BCUT2D eigenvalue weighted by Crippen LogP contribution is -2.10. The first kappa shape index (κ1) is 16.9. The highest BCUT2D eigenvalue weighted by Gasteiger charge is 2.05. The summed E-state index contributed by atoms with van der Waals surface area (Å²) in [4.78, 5) is 11.1. The first-order valence-corrected chi connectivity index (χ1v) is 8.15. The number of hydrogen-bond donors (Lipinski definition) is 2. The molecular formula is C20H17ClN2O2. The largest absolute Gasteiger partial charge is 0.457 e. The normalized spacial score (nSPS) is 10.3. The summed E-state index contributed by atoms with van der Waals surface area (Å²) in [7, 11) is 0. The highest BCUT2D eigenvalue weighted by Crippen LogP contribution is 2.27. The molecular weight excluding hydrogens is 336 g/mol. The minimum absolute atomic E-state index is 0.438. The molecule has 0 atom stereocenters. The van der Waals surface area contributed by atoms with E-state index in [9.17, 15) is 4.79 Å². The van der Waals surface area contributed by atoms with Crippen molar-refractivity contribution >= 4 is 23.2 Å². The van der Waals surface area contributed by atoms with Gasteiger partial charge in [0.2, 0.25) is 5.91 Å². The number of halogens is 1. The zero-order valence-corrected chi connectivity index (χ0v) is 14.2. The summed E-state index contributed by atoms with van der Waals surface area (Å²) in [6.45, 7) is 0.621. The van der Waals surface area contributed by atoms with Gasteiger partial charge >= 0.3 is 0 Å². The number of benzene rings is 3. The summed E-state index contributed by atoms with van der Waals surface area (Å²) in [6.07, 6.45) is 0. The van der Waals surface area contributed by atoms with Crippen LogP contribution in [0.3, 0.4) is 0 Å². The maximum absolute atomic E-state index is 11.1. The van der Waals surface area contributed by atoms with Gasteiger partial charge in [0, 0.05) is 22.8 Å². The monoisotopic (exact) mass is 352 g/mol. The molecule has 0 aliphatic heterocycles. The Bertz CT molecular complexity index is 865. The van der Waals surface area contributed by atoms with Crippen LogP contribution in [-0.4, -0.2) is 5.91 Å². The molecule has 126 valence electrons. The summed E-state index contributed by atoms with van der Waals surface area (Å²) in [5.41, 5.74) is 7.67. The van der Waals surface area contributed by atoms with E-state index in [0.717, 1.165) is 11.3 Å². The van der Waals surface area contributed by atoms with Gasteiger partial charge in [-0.2, -0.15) is 0 Å². The van der Waals surface area contributed by atoms with E-state index >= 15 is 0 Å². The Hall–Kier alpha value is -2.98. The molecule has 0 radical (unpaired) electrons. The van der Waals surface area contributed by atoms with Crippen LogP contribution in [0.25, 0.3) is 0 Å². The number of amides is 1. The van der Waals surface area contributed by atoms with Crippen LogP contribution in [0.1, 0.15) is 15.9 Å². The molecule has 3 N–H and O–H groups in total. The first-order chi connectivity index (χ1) is 12.1. The highest BCUT2D eigenvalue weighted by molar-refractivity contribution is 6.31. The molecule has 0 spiro atoms. The molecule has 3 aromatic carbocycles. The van der Waals surface area contributed by atoms with Crippen LogP contribution in [0, 0.1) is 0 Å². The van der Waals surface area contributed by atoms with E-state index < -0.39 is 5.91 Å². The molecule has 0 aliphatic rings. The molecule has 0 unspecified atom stereocenters. The maximum Gasteiger partial charge on any atom is 0.248 e. The number of carbonyl (C=O) groups excluding carboxylic acids is 1. The van der Waals surface area contributed by atoms with Crippen molar-refractivity contribution < 1.29 is 9.53 Å². The molecule has 25 heavy (non-hydrogen) atoms. The van der Waals surface area contributed by atoms with Gasteiger partial charge in [0.05, 0.1) is 0 Å². The van der Waals surface area contributed by atoms with Crippen molar-refractivity contribution in [2.75, 3.05) is 5.32 Å². The van der Waals surface area contributed by atoms with Crippen LogP contribution in [0.15, 0.2) is 72.8 Å². The molecule has 3 aromatic rings. The van der Waals surface area contributed by atoms with E-state index in [2.05, 4.69) is 5.32 Å². The molecule has 0 aromatic heterocycles. The Morgan fingerprint density at radius 1 is 0.960 bits per heavy atom. The second-order valence-electron chi connectivity index (χ2n) is 5.46. The number of nitrogens with one attached hydrogen (secondary N) is 1. The van der Waals surface area contributed by atoms with Gasteiger partial charge in [0.1, 0.15) is 11.5 Å². The van der Waals surface area contributed by atoms with E-state index in [1.54, 1.807) is 30.3 Å². The second kappa shape index (κ2) is 7.73. The smallest absolute Gasteiger partial charge is 0.248 e. The number of anilines is 1. The number of carbonyl (C=O) groups is 1. The lowest BCUT2D eigenvalue weighted by molar-refractivity contribution is 0.100. The van der Waals surface area contributed by atoms with Gasteiger partial charge < -0.3 is 15.8 Å². The van der Waals surface area contributed by atoms with Crippen molar-refractivity contribution in [2.45, 2.75) is 6.54 Å². The van der Waals surface area contributed by atoms with E-state index in [0.29, 0.717) is 28.6 Å². The Labute approximate surface area is 151 Å². The van der Waals surface area contributed by atoms with Crippen molar-refractivity contribution in [3.63, 3.8) is 0 Å². The molecule has 3 rings (SSSR count). The predicted octanol–water partition coefficient (Wildman–Crippen LogP) is 4.84. The Kier molecular flexibility index (Phi) is 5.21. The molecule has 0 fully saturated rings. The Morgan fingerprint density at radius 3 is 2.28 bits per heavy atom. The van der Waals surface area contributed by atoms with E-state index in [1.165, 1.54) is 0 Å². The zero-order chi connectivity index (χ0) is 17.6. The average Bonchev–Trinajstić information content (AvgIpc) is 2.62. The van der Waals surface area contributed by atoms with Crippen LogP contribution < -0.4 is 15.8 Å². The fourth-order valence-corrected chi connectivity index (χ4v) is 2.55. The molecule has 0 saturated heterocycles. The van der Waals surface area contributed by atoms with Crippen LogP contribution in [0.4, 0.5) is 5.69 Å². The standard InChI is InChI=1S/C20H17ClN2O2/c21-19-12-18(25-17-9-6-14(7-10-17)20(22)24)11-8-15(19)13-23-16-4-2-1-3-5-16/h1-12,23H,13H2,(H2,22,24). The summed E-state index contributed by atoms with van der Waals surface area (Å²) in [6, 6.07) is 22.1. The number of rotatable bonds is 6. The van der Waals surface area contributed by atoms with Crippen LogP contribution in [-0.2, 0) is 6.54 Å². The second-order valence-corrected chi connectivity index (χ2v) is 5.87. The number of primary amides is 1. The molecule has 1 amide bonds. The Balaban J connectivity index is 1.66. The summed E-state index contributed by atoms with van der Waals surface area (Å²) in [5.74, 6) is 0.765. The average molecular weight is 353 g/mol. The first-order valence-electron chi connectivity index (χ1n) is 7.77.